The molecule has 0 aliphatic carbocycles. The number of benzene rings is 2. The molecule has 0 saturated carbocycles. The van der Waals surface area contributed by atoms with Crippen molar-refractivity contribution in [3.63, 3.8) is 0 Å². The fraction of sp³-hybridized carbons (Fsp3) is 0.188. The maximum absolute atomic E-state index is 12.4. The highest BCUT2D eigenvalue weighted by Crippen LogP contribution is 2.25. The molecule has 2 nitrogen and oxygen atoms in total. The lowest BCUT2D eigenvalue weighted by atomic mass is 10.1. The van der Waals surface area contributed by atoms with Gasteiger partial charge in [0.2, 0.25) is 0 Å². The fourth-order valence-electron chi connectivity index (χ4n) is 2.05. The molecule has 0 radical (unpaired) electrons. The summed E-state index contributed by atoms with van der Waals surface area (Å²) in [6.07, 6.45) is 0.848. The normalized spacial score (nSPS) is 10.4. The Morgan fingerprint density at radius 3 is 2.65 bits per heavy atom. The van der Waals surface area contributed by atoms with Crippen molar-refractivity contribution in [2.75, 3.05) is 5.32 Å². The molecular formula is C16H15Cl2NO. The third-order valence-electron chi connectivity index (χ3n) is 3.15. The van der Waals surface area contributed by atoms with Crippen LogP contribution in [0.3, 0.4) is 0 Å². The van der Waals surface area contributed by atoms with E-state index in [-0.39, 0.29) is 5.91 Å². The molecule has 0 heterocycles. The number of anilines is 1. The van der Waals surface area contributed by atoms with E-state index in [0.29, 0.717) is 15.6 Å². The lowest BCUT2D eigenvalue weighted by Gasteiger charge is -2.13. The molecule has 1 amide bonds. The number of nitrogens with one attached hydrogen (secondary N) is 1. The van der Waals surface area contributed by atoms with Gasteiger partial charge in [0.15, 0.2) is 0 Å². The summed E-state index contributed by atoms with van der Waals surface area (Å²) < 4.78 is 0. The third kappa shape index (κ3) is 3.14. The van der Waals surface area contributed by atoms with Gasteiger partial charge in [-0.1, -0.05) is 48.3 Å². The maximum Gasteiger partial charge on any atom is 0.257 e. The topological polar surface area (TPSA) is 29.1 Å². The minimum Gasteiger partial charge on any atom is -0.321 e. The predicted molar refractivity (Wildman–Crippen MR) is 85.0 cm³/mol. The summed E-state index contributed by atoms with van der Waals surface area (Å²) in [5.74, 6) is -0.249. The van der Waals surface area contributed by atoms with Crippen LogP contribution in [0.25, 0.3) is 0 Å². The van der Waals surface area contributed by atoms with Gasteiger partial charge in [-0.25, -0.2) is 0 Å². The van der Waals surface area contributed by atoms with Gasteiger partial charge in [0.25, 0.3) is 5.91 Å². The summed E-state index contributed by atoms with van der Waals surface area (Å²) in [7, 11) is 0. The van der Waals surface area contributed by atoms with Crippen LogP contribution in [-0.4, -0.2) is 5.91 Å². The number of para-hydroxylation sites is 1. The van der Waals surface area contributed by atoms with Crippen LogP contribution in [0.5, 0.6) is 0 Å². The van der Waals surface area contributed by atoms with Crippen LogP contribution in [0.2, 0.25) is 10.0 Å². The summed E-state index contributed by atoms with van der Waals surface area (Å²) in [5.41, 5.74) is 3.34. The van der Waals surface area contributed by atoms with E-state index < -0.39 is 0 Å². The van der Waals surface area contributed by atoms with E-state index >= 15 is 0 Å². The molecule has 0 spiro atoms. The van der Waals surface area contributed by atoms with Gasteiger partial charge in [-0.2, -0.15) is 0 Å². The van der Waals surface area contributed by atoms with E-state index in [1.54, 1.807) is 18.2 Å². The third-order valence-corrected chi connectivity index (χ3v) is 3.72. The second kappa shape index (κ2) is 6.29. The second-order valence-corrected chi connectivity index (χ2v) is 5.38. The van der Waals surface area contributed by atoms with Gasteiger partial charge >= 0.3 is 0 Å². The number of hydrogen-bond acceptors (Lipinski definition) is 1. The molecule has 2 rings (SSSR count). The van der Waals surface area contributed by atoms with Gasteiger partial charge in [-0.05, 0) is 42.7 Å². The van der Waals surface area contributed by atoms with E-state index in [1.807, 2.05) is 25.1 Å². The zero-order valence-electron chi connectivity index (χ0n) is 11.3. The smallest absolute Gasteiger partial charge is 0.257 e. The number of halogens is 2. The van der Waals surface area contributed by atoms with E-state index in [0.717, 1.165) is 23.2 Å². The quantitative estimate of drug-likeness (QED) is 0.838. The first kappa shape index (κ1) is 14.9. The Morgan fingerprint density at radius 2 is 1.95 bits per heavy atom. The molecule has 2 aromatic rings. The van der Waals surface area contributed by atoms with Crippen LogP contribution in [0.4, 0.5) is 5.69 Å². The minimum atomic E-state index is -0.249. The minimum absolute atomic E-state index is 0.249. The van der Waals surface area contributed by atoms with Crippen molar-refractivity contribution in [3.8, 4) is 0 Å². The molecule has 20 heavy (non-hydrogen) atoms. The molecule has 2 aromatic carbocycles. The second-order valence-electron chi connectivity index (χ2n) is 4.54. The van der Waals surface area contributed by atoms with Gasteiger partial charge in [-0.3, -0.25) is 4.79 Å². The Hall–Kier alpha value is -1.51. The summed E-state index contributed by atoms with van der Waals surface area (Å²) in [4.78, 5) is 12.4. The zero-order valence-corrected chi connectivity index (χ0v) is 12.8. The SMILES string of the molecule is CCc1cccc(C)c1NC(=O)c1cc(Cl)ccc1Cl. The summed E-state index contributed by atoms with van der Waals surface area (Å²) in [5, 5.41) is 3.81. The molecule has 104 valence electrons. The van der Waals surface area contributed by atoms with Crippen LogP contribution in [0, 0.1) is 6.92 Å². The maximum atomic E-state index is 12.4. The number of carbonyl (C=O) groups excluding carboxylic acids is 1. The molecule has 0 atom stereocenters. The van der Waals surface area contributed by atoms with Crippen LogP contribution in [0.1, 0.15) is 28.4 Å². The predicted octanol–water partition coefficient (Wildman–Crippen LogP) is 5.12. The number of aryl methyl sites for hydroxylation is 2. The van der Waals surface area contributed by atoms with E-state index in [4.69, 9.17) is 23.2 Å². The van der Waals surface area contributed by atoms with Crippen molar-refractivity contribution in [1.29, 1.82) is 0 Å². The number of carbonyl (C=O) groups is 1. The molecule has 0 aliphatic rings. The zero-order chi connectivity index (χ0) is 14.7. The molecule has 1 N–H and O–H groups in total. The van der Waals surface area contributed by atoms with Crippen LogP contribution in [0.15, 0.2) is 36.4 Å². The van der Waals surface area contributed by atoms with Crippen molar-refractivity contribution in [1.82, 2.24) is 0 Å². The molecule has 0 aliphatic heterocycles. The Labute approximate surface area is 128 Å². The van der Waals surface area contributed by atoms with Gasteiger partial charge in [-0.15, -0.1) is 0 Å². The number of hydrogen-bond donors (Lipinski definition) is 1. The monoisotopic (exact) mass is 307 g/mol. The first-order valence-corrected chi connectivity index (χ1v) is 7.13. The van der Waals surface area contributed by atoms with Crippen molar-refractivity contribution in [3.05, 3.63) is 63.1 Å². The van der Waals surface area contributed by atoms with E-state index in [1.165, 1.54) is 0 Å². The standard InChI is InChI=1S/C16H15Cl2NO/c1-3-11-6-4-5-10(2)15(11)19-16(20)13-9-12(17)7-8-14(13)18/h4-9H,3H2,1-2H3,(H,19,20). The highest BCUT2D eigenvalue weighted by Gasteiger charge is 2.14. The largest absolute Gasteiger partial charge is 0.321 e. The Bertz CT molecular complexity index is 653. The lowest BCUT2D eigenvalue weighted by Crippen LogP contribution is -2.14. The van der Waals surface area contributed by atoms with E-state index in [2.05, 4.69) is 12.2 Å². The van der Waals surface area contributed by atoms with Gasteiger partial charge in [0.1, 0.15) is 0 Å². The van der Waals surface area contributed by atoms with Crippen molar-refractivity contribution >= 4 is 34.8 Å². The average Bonchev–Trinajstić information content (AvgIpc) is 2.43. The Kier molecular flexibility index (Phi) is 4.69. The molecular weight excluding hydrogens is 293 g/mol. The first-order valence-electron chi connectivity index (χ1n) is 6.37. The van der Waals surface area contributed by atoms with Gasteiger partial charge in [0.05, 0.1) is 10.6 Å². The number of rotatable bonds is 3. The summed E-state index contributed by atoms with van der Waals surface area (Å²) in [6, 6.07) is 10.8. The van der Waals surface area contributed by atoms with E-state index in [9.17, 15) is 4.79 Å². The molecule has 0 saturated heterocycles. The highest BCUT2D eigenvalue weighted by atomic mass is 35.5. The van der Waals surface area contributed by atoms with Crippen molar-refractivity contribution in [2.24, 2.45) is 0 Å². The van der Waals surface area contributed by atoms with Crippen LogP contribution >= 0.6 is 23.2 Å². The van der Waals surface area contributed by atoms with Crippen molar-refractivity contribution in [2.45, 2.75) is 20.3 Å². The Balaban J connectivity index is 2.35. The van der Waals surface area contributed by atoms with Crippen molar-refractivity contribution < 1.29 is 4.79 Å². The van der Waals surface area contributed by atoms with Crippen LogP contribution < -0.4 is 5.32 Å². The summed E-state index contributed by atoms with van der Waals surface area (Å²) in [6.45, 7) is 4.02. The average molecular weight is 308 g/mol. The summed E-state index contributed by atoms with van der Waals surface area (Å²) >= 11 is 12.0. The van der Waals surface area contributed by atoms with Gasteiger partial charge < -0.3 is 5.32 Å². The van der Waals surface area contributed by atoms with Crippen LogP contribution in [-0.2, 0) is 6.42 Å². The van der Waals surface area contributed by atoms with Gasteiger partial charge in [0, 0.05) is 10.7 Å². The number of amides is 1. The fourth-order valence-corrected chi connectivity index (χ4v) is 2.43. The molecule has 4 heteroatoms. The Morgan fingerprint density at radius 1 is 1.20 bits per heavy atom. The molecule has 0 unspecified atom stereocenters. The molecule has 0 fully saturated rings. The first-order chi connectivity index (χ1) is 9.52. The molecule has 0 aromatic heterocycles. The highest BCUT2D eigenvalue weighted by molar-refractivity contribution is 6.36. The molecule has 0 bridgehead atoms. The lowest BCUT2D eigenvalue weighted by molar-refractivity contribution is 0.102.